The summed E-state index contributed by atoms with van der Waals surface area (Å²) in [6, 6.07) is 13.6. The second-order valence-corrected chi connectivity index (χ2v) is 5.62. The number of benzene rings is 1. The third kappa shape index (κ3) is 4.53. The predicted molar refractivity (Wildman–Crippen MR) is 87.9 cm³/mol. The summed E-state index contributed by atoms with van der Waals surface area (Å²) in [6.45, 7) is 1.88. The van der Waals surface area contributed by atoms with Gasteiger partial charge in [0.2, 0.25) is 5.91 Å². The van der Waals surface area contributed by atoms with E-state index in [-0.39, 0.29) is 11.9 Å². The van der Waals surface area contributed by atoms with Crippen LogP contribution in [0.25, 0.3) is 0 Å². The molecule has 2 heterocycles. The number of ether oxygens (including phenoxy) is 1. The number of carbonyl (C=O) groups excluding carboxylic acids is 1. The number of pyridine rings is 1. The molecule has 0 spiro atoms. The number of hydrogen-bond acceptors (Lipinski definition) is 4. The van der Waals surface area contributed by atoms with Crippen LogP contribution in [0.5, 0.6) is 5.75 Å². The summed E-state index contributed by atoms with van der Waals surface area (Å²) in [5.41, 5.74) is 2.00. The second-order valence-electron chi connectivity index (χ2n) is 5.62. The molecule has 0 aliphatic carbocycles. The fourth-order valence-corrected chi connectivity index (χ4v) is 2.59. The molecule has 5 nitrogen and oxygen atoms in total. The molecule has 0 bridgehead atoms. The van der Waals surface area contributed by atoms with Gasteiger partial charge in [0.25, 0.3) is 0 Å². The van der Waals surface area contributed by atoms with E-state index in [4.69, 9.17) is 4.74 Å². The molecule has 1 aliphatic rings. The zero-order valence-electron chi connectivity index (χ0n) is 13.0. The van der Waals surface area contributed by atoms with Crippen molar-refractivity contribution in [3.63, 3.8) is 0 Å². The molecular formula is C18H21N3O2. The van der Waals surface area contributed by atoms with Gasteiger partial charge in [-0.05, 0) is 42.7 Å². The maximum absolute atomic E-state index is 11.7. The van der Waals surface area contributed by atoms with Crippen LogP contribution in [-0.4, -0.2) is 23.5 Å². The van der Waals surface area contributed by atoms with Crippen LogP contribution in [0.3, 0.4) is 0 Å². The molecule has 5 heteroatoms. The normalized spacial score (nSPS) is 17.6. The molecular weight excluding hydrogens is 290 g/mol. The highest BCUT2D eigenvalue weighted by atomic mass is 16.5. The molecule has 2 aromatic rings. The number of carbonyl (C=O) groups is 1. The highest BCUT2D eigenvalue weighted by Gasteiger charge is 2.20. The number of aromatic nitrogens is 1. The summed E-state index contributed by atoms with van der Waals surface area (Å²) in [6.07, 6.45) is 3.67. The minimum absolute atomic E-state index is 0.0955. The lowest BCUT2D eigenvalue weighted by atomic mass is 10.1. The Morgan fingerprint density at radius 1 is 1.26 bits per heavy atom. The lowest BCUT2D eigenvalue weighted by Crippen LogP contribution is -2.47. The fraction of sp³-hybridized carbons (Fsp3) is 0.333. The van der Waals surface area contributed by atoms with E-state index in [9.17, 15) is 4.79 Å². The van der Waals surface area contributed by atoms with Gasteiger partial charge >= 0.3 is 0 Å². The SMILES string of the molecule is O=C1NCCC[C@@H]1NCc1cccc(OCc2ccccn2)c1. The Morgan fingerprint density at radius 2 is 2.22 bits per heavy atom. The summed E-state index contributed by atoms with van der Waals surface area (Å²) in [5.74, 6) is 0.904. The topological polar surface area (TPSA) is 63.2 Å². The molecule has 1 saturated heterocycles. The Labute approximate surface area is 136 Å². The van der Waals surface area contributed by atoms with Crippen LogP contribution in [0.1, 0.15) is 24.1 Å². The minimum Gasteiger partial charge on any atom is -0.487 e. The van der Waals surface area contributed by atoms with E-state index < -0.39 is 0 Å². The maximum Gasteiger partial charge on any atom is 0.237 e. The first kappa shape index (κ1) is 15.5. The lowest BCUT2D eigenvalue weighted by Gasteiger charge is -2.22. The molecule has 0 radical (unpaired) electrons. The molecule has 1 atom stereocenters. The Morgan fingerprint density at radius 3 is 3.04 bits per heavy atom. The summed E-state index contributed by atoms with van der Waals surface area (Å²) in [5, 5.41) is 6.19. The molecule has 1 amide bonds. The van der Waals surface area contributed by atoms with Crippen molar-refractivity contribution in [3.05, 3.63) is 59.9 Å². The van der Waals surface area contributed by atoms with Gasteiger partial charge in [-0.15, -0.1) is 0 Å². The zero-order chi connectivity index (χ0) is 15.9. The van der Waals surface area contributed by atoms with Gasteiger partial charge in [-0.1, -0.05) is 18.2 Å². The number of rotatable bonds is 6. The van der Waals surface area contributed by atoms with E-state index in [2.05, 4.69) is 15.6 Å². The first-order valence-corrected chi connectivity index (χ1v) is 7.94. The van der Waals surface area contributed by atoms with Crippen molar-refractivity contribution in [1.29, 1.82) is 0 Å². The van der Waals surface area contributed by atoms with Crippen molar-refractivity contribution in [1.82, 2.24) is 15.6 Å². The van der Waals surface area contributed by atoms with Crippen LogP contribution < -0.4 is 15.4 Å². The second kappa shape index (κ2) is 7.74. The zero-order valence-corrected chi connectivity index (χ0v) is 13.0. The minimum atomic E-state index is -0.0955. The fourth-order valence-electron chi connectivity index (χ4n) is 2.59. The molecule has 1 aliphatic heterocycles. The van der Waals surface area contributed by atoms with Crippen molar-refractivity contribution in [3.8, 4) is 5.75 Å². The lowest BCUT2D eigenvalue weighted by molar-refractivity contribution is -0.124. The number of nitrogens with one attached hydrogen (secondary N) is 2. The van der Waals surface area contributed by atoms with Gasteiger partial charge in [-0.2, -0.15) is 0 Å². The predicted octanol–water partition coefficient (Wildman–Crippen LogP) is 2.03. The van der Waals surface area contributed by atoms with Gasteiger partial charge in [0.05, 0.1) is 11.7 Å². The molecule has 1 fully saturated rings. The van der Waals surface area contributed by atoms with Crippen LogP contribution in [0.2, 0.25) is 0 Å². The third-order valence-corrected chi connectivity index (χ3v) is 3.85. The van der Waals surface area contributed by atoms with E-state index in [1.54, 1.807) is 6.20 Å². The van der Waals surface area contributed by atoms with Gasteiger partial charge in [0.1, 0.15) is 12.4 Å². The molecule has 2 N–H and O–H groups in total. The Kier molecular flexibility index (Phi) is 5.21. The largest absolute Gasteiger partial charge is 0.487 e. The highest BCUT2D eigenvalue weighted by molar-refractivity contribution is 5.82. The third-order valence-electron chi connectivity index (χ3n) is 3.85. The number of piperidine rings is 1. The average molecular weight is 311 g/mol. The molecule has 120 valence electrons. The van der Waals surface area contributed by atoms with E-state index >= 15 is 0 Å². The smallest absolute Gasteiger partial charge is 0.237 e. The standard InChI is InChI=1S/C18H21N3O2/c22-18-17(8-4-10-20-18)21-12-14-5-3-7-16(11-14)23-13-15-6-1-2-9-19-15/h1-3,5-7,9,11,17,21H,4,8,10,12-13H2,(H,20,22)/t17-/m0/s1. The van der Waals surface area contributed by atoms with Crippen LogP contribution >= 0.6 is 0 Å². The molecule has 3 rings (SSSR count). The average Bonchev–Trinajstić information content (AvgIpc) is 2.61. The Hall–Kier alpha value is -2.40. The summed E-state index contributed by atoms with van der Waals surface area (Å²) in [4.78, 5) is 16.0. The Balaban J connectivity index is 1.53. The molecule has 1 aromatic carbocycles. The molecule has 23 heavy (non-hydrogen) atoms. The van der Waals surface area contributed by atoms with E-state index in [1.807, 2.05) is 42.5 Å². The molecule has 1 aromatic heterocycles. The van der Waals surface area contributed by atoms with Crippen LogP contribution in [0, 0.1) is 0 Å². The number of hydrogen-bond donors (Lipinski definition) is 2. The van der Waals surface area contributed by atoms with E-state index in [1.165, 1.54) is 0 Å². The van der Waals surface area contributed by atoms with Gasteiger partial charge in [-0.3, -0.25) is 9.78 Å². The molecule has 0 unspecified atom stereocenters. The van der Waals surface area contributed by atoms with Crippen LogP contribution in [0.15, 0.2) is 48.7 Å². The van der Waals surface area contributed by atoms with Crippen molar-refractivity contribution < 1.29 is 9.53 Å². The van der Waals surface area contributed by atoms with Crippen molar-refractivity contribution in [2.24, 2.45) is 0 Å². The van der Waals surface area contributed by atoms with Gasteiger partial charge in [-0.25, -0.2) is 0 Å². The molecule has 0 saturated carbocycles. The monoisotopic (exact) mass is 311 g/mol. The van der Waals surface area contributed by atoms with Gasteiger partial charge in [0.15, 0.2) is 0 Å². The highest BCUT2D eigenvalue weighted by Crippen LogP contribution is 2.15. The number of nitrogens with zero attached hydrogens (tertiary/aromatic N) is 1. The van der Waals surface area contributed by atoms with E-state index in [0.29, 0.717) is 13.2 Å². The van der Waals surface area contributed by atoms with Crippen LogP contribution in [0.4, 0.5) is 0 Å². The first-order valence-electron chi connectivity index (χ1n) is 7.94. The maximum atomic E-state index is 11.7. The van der Waals surface area contributed by atoms with Crippen molar-refractivity contribution in [2.75, 3.05) is 6.54 Å². The summed E-state index contributed by atoms with van der Waals surface area (Å²) in [7, 11) is 0. The van der Waals surface area contributed by atoms with E-state index in [0.717, 1.165) is 36.4 Å². The van der Waals surface area contributed by atoms with Crippen molar-refractivity contribution >= 4 is 5.91 Å². The first-order chi connectivity index (χ1) is 11.3. The number of amides is 1. The van der Waals surface area contributed by atoms with Crippen LogP contribution in [-0.2, 0) is 17.9 Å². The van der Waals surface area contributed by atoms with Gasteiger partial charge in [0, 0.05) is 19.3 Å². The quantitative estimate of drug-likeness (QED) is 0.857. The van der Waals surface area contributed by atoms with Crippen molar-refractivity contribution in [2.45, 2.75) is 32.0 Å². The Bertz CT molecular complexity index is 646. The summed E-state index contributed by atoms with van der Waals surface area (Å²) >= 11 is 0. The van der Waals surface area contributed by atoms with Gasteiger partial charge < -0.3 is 15.4 Å². The summed E-state index contributed by atoms with van der Waals surface area (Å²) < 4.78 is 5.78.